The number of hydrogen-bond acceptors (Lipinski definition) is 3. The topological polar surface area (TPSA) is 66.5 Å². The molecule has 152 valence electrons. The number of rotatable bonds is 7. The summed E-state index contributed by atoms with van der Waals surface area (Å²) in [7, 11) is -3.74. The highest BCUT2D eigenvalue weighted by atomic mass is 35.5. The normalized spacial score (nSPS) is 13.1. The maximum absolute atomic E-state index is 12.9. The van der Waals surface area contributed by atoms with Crippen molar-refractivity contribution in [2.24, 2.45) is 0 Å². The molecule has 0 saturated heterocycles. The minimum absolute atomic E-state index is 0.213. The second-order valence-electron chi connectivity index (χ2n) is 7.37. The number of carbonyl (C=O) groups is 1. The van der Waals surface area contributed by atoms with Crippen LogP contribution in [0.15, 0.2) is 48.5 Å². The maximum atomic E-state index is 12.9. The number of anilines is 1. The molecule has 8 heteroatoms. The molecule has 0 aliphatic rings. The van der Waals surface area contributed by atoms with E-state index in [2.05, 4.69) is 5.32 Å². The molecule has 1 atom stereocenters. The van der Waals surface area contributed by atoms with Crippen molar-refractivity contribution in [1.29, 1.82) is 0 Å². The summed E-state index contributed by atoms with van der Waals surface area (Å²) in [6.45, 7) is 5.33. The molecular weight excluding hydrogens is 419 g/mol. The van der Waals surface area contributed by atoms with Crippen molar-refractivity contribution in [2.75, 3.05) is 10.6 Å². The minimum atomic E-state index is -3.74. The third-order valence-corrected chi connectivity index (χ3v) is 6.18. The summed E-state index contributed by atoms with van der Waals surface area (Å²) in [4.78, 5) is 12.9. The summed E-state index contributed by atoms with van der Waals surface area (Å²) in [6, 6.07) is 13.3. The minimum Gasteiger partial charge on any atom is -0.349 e. The van der Waals surface area contributed by atoms with Crippen molar-refractivity contribution in [2.45, 2.75) is 38.8 Å². The van der Waals surface area contributed by atoms with E-state index < -0.39 is 27.5 Å². The number of carbonyl (C=O) groups excluding carboxylic acids is 1. The summed E-state index contributed by atoms with van der Waals surface area (Å²) in [5.74, 6) is -0.405. The van der Waals surface area contributed by atoms with E-state index in [4.69, 9.17) is 23.2 Å². The predicted octanol–water partition coefficient (Wildman–Crippen LogP) is 4.29. The highest BCUT2D eigenvalue weighted by Gasteiger charge is 2.32. The average Bonchev–Trinajstić information content (AvgIpc) is 2.57. The number of hydrogen-bond donors (Lipinski definition) is 1. The van der Waals surface area contributed by atoms with Crippen LogP contribution in [0.3, 0.4) is 0 Å². The van der Waals surface area contributed by atoms with Gasteiger partial charge >= 0.3 is 0 Å². The molecule has 0 aliphatic heterocycles. The zero-order chi connectivity index (χ0) is 21.1. The van der Waals surface area contributed by atoms with Crippen LogP contribution in [0.2, 0.25) is 10.0 Å². The fourth-order valence-electron chi connectivity index (χ4n) is 3.02. The molecule has 0 saturated carbocycles. The number of benzene rings is 2. The highest BCUT2D eigenvalue weighted by Crippen LogP contribution is 2.29. The molecular formula is C20H24Cl2N2O3S. The molecule has 2 aromatic carbocycles. The van der Waals surface area contributed by atoms with Crippen LogP contribution in [-0.4, -0.2) is 32.2 Å². The molecule has 0 spiro atoms. The van der Waals surface area contributed by atoms with E-state index in [0.717, 1.165) is 16.1 Å². The summed E-state index contributed by atoms with van der Waals surface area (Å²) in [5.41, 5.74) is 0.790. The Bertz CT molecular complexity index is 947. The van der Waals surface area contributed by atoms with Crippen LogP contribution in [0.1, 0.15) is 26.3 Å². The van der Waals surface area contributed by atoms with Crippen molar-refractivity contribution in [3.05, 3.63) is 64.1 Å². The van der Waals surface area contributed by atoms with Gasteiger partial charge in [0.15, 0.2) is 0 Å². The van der Waals surface area contributed by atoms with Crippen LogP contribution in [-0.2, 0) is 21.2 Å². The van der Waals surface area contributed by atoms with Crippen LogP contribution in [0.5, 0.6) is 0 Å². The van der Waals surface area contributed by atoms with Gasteiger partial charge in [-0.15, -0.1) is 0 Å². The van der Waals surface area contributed by atoms with Gasteiger partial charge in [-0.1, -0.05) is 53.5 Å². The zero-order valence-corrected chi connectivity index (χ0v) is 18.6. The van der Waals surface area contributed by atoms with Gasteiger partial charge in [-0.05, 0) is 51.0 Å². The first-order valence-corrected chi connectivity index (χ1v) is 11.3. The van der Waals surface area contributed by atoms with Gasteiger partial charge in [0.25, 0.3) is 0 Å². The van der Waals surface area contributed by atoms with Crippen molar-refractivity contribution < 1.29 is 13.2 Å². The Morgan fingerprint density at radius 3 is 2.25 bits per heavy atom. The number of nitrogens with one attached hydrogen (secondary N) is 1. The Kier molecular flexibility index (Phi) is 7.02. The monoisotopic (exact) mass is 442 g/mol. The standard InChI is InChI=1S/C20H24Cl2N2O3S/c1-14(19(25)23-20(2,3)13-15-8-6-5-7-9-15)24(28(4,26)27)16-10-11-17(21)18(22)12-16/h5-12,14H,13H2,1-4H3,(H,23,25). The summed E-state index contributed by atoms with van der Waals surface area (Å²) >= 11 is 12.0. The van der Waals surface area contributed by atoms with Gasteiger partial charge in [0, 0.05) is 5.54 Å². The number of amides is 1. The Labute approximate surface area is 176 Å². The van der Waals surface area contributed by atoms with Crippen LogP contribution in [0, 0.1) is 0 Å². The molecule has 0 radical (unpaired) electrons. The van der Waals surface area contributed by atoms with Gasteiger partial charge in [-0.3, -0.25) is 9.10 Å². The second kappa shape index (κ2) is 8.72. The largest absolute Gasteiger partial charge is 0.349 e. The Morgan fingerprint density at radius 1 is 1.11 bits per heavy atom. The highest BCUT2D eigenvalue weighted by molar-refractivity contribution is 7.92. The summed E-state index contributed by atoms with van der Waals surface area (Å²) < 4.78 is 25.8. The van der Waals surface area contributed by atoms with Gasteiger partial charge in [0.05, 0.1) is 22.0 Å². The van der Waals surface area contributed by atoms with Crippen molar-refractivity contribution >= 4 is 44.8 Å². The van der Waals surface area contributed by atoms with Crippen LogP contribution in [0.25, 0.3) is 0 Å². The SMILES string of the molecule is CC(C(=O)NC(C)(C)Cc1ccccc1)N(c1ccc(Cl)c(Cl)c1)S(C)(=O)=O. The van der Waals surface area contributed by atoms with Crippen molar-refractivity contribution in [3.63, 3.8) is 0 Å². The Morgan fingerprint density at radius 2 is 1.71 bits per heavy atom. The first-order valence-electron chi connectivity index (χ1n) is 8.71. The Balaban J connectivity index is 2.25. The van der Waals surface area contributed by atoms with E-state index >= 15 is 0 Å². The quantitative estimate of drug-likeness (QED) is 0.695. The predicted molar refractivity (Wildman–Crippen MR) is 116 cm³/mol. The first-order chi connectivity index (χ1) is 12.9. The van der Waals surface area contributed by atoms with E-state index in [1.807, 2.05) is 44.2 Å². The average molecular weight is 443 g/mol. The molecule has 1 unspecified atom stereocenters. The molecule has 1 amide bonds. The van der Waals surface area contributed by atoms with Gasteiger partial charge in [0.2, 0.25) is 15.9 Å². The van der Waals surface area contributed by atoms with E-state index in [1.54, 1.807) is 0 Å². The number of halogens is 2. The van der Waals surface area contributed by atoms with E-state index in [-0.39, 0.29) is 10.7 Å². The lowest BCUT2D eigenvalue weighted by Crippen LogP contribution is -2.54. The summed E-state index contributed by atoms with van der Waals surface area (Å²) in [6.07, 6.45) is 1.66. The van der Waals surface area contributed by atoms with Gasteiger partial charge in [0.1, 0.15) is 6.04 Å². The first kappa shape index (κ1) is 22.5. The fraction of sp³-hybridized carbons (Fsp3) is 0.350. The molecule has 0 bridgehead atoms. The molecule has 0 aliphatic carbocycles. The summed E-state index contributed by atoms with van der Waals surface area (Å²) in [5, 5.41) is 3.47. The fourth-order valence-corrected chi connectivity index (χ4v) is 4.48. The van der Waals surface area contributed by atoms with E-state index in [9.17, 15) is 13.2 Å². The van der Waals surface area contributed by atoms with Crippen molar-refractivity contribution in [1.82, 2.24) is 5.32 Å². The molecule has 0 heterocycles. The lowest BCUT2D eigenvalue weighted by atomic mass is 9.94. The molecule has 0 fully saturated rings. The molecule has 28 heavy (non-hydrogen) atoms. The van der Waals surface area contributed by atoms with E-state index in [1.165, 1.54) is 25.1 Å². The van der Waals surface area contributed by atoms with E-state index in [0.29, 0.717) is 11.4 Å². The van der Waals surface area contributed by atoms with Crippen LogP contribution >= 0.6 is 23.2 Å². The van der Waals surface area contributed by atoms with Gasteiger partial charge in [-0.25, -0.2) is 8.42 Å². The van der Waals surface area contributed by atoms with Crippen molar-refractivity contribution in [3.8, 4) is 0 Å². The molecule has 5 nitrogen and oxygen atoms in total. The smallest absolute Gasteiger partial charge is 0.244 e. The van der Waals surface area contributed by atoms with Gasteiger partial charge < -0.3 is 5.32 Å². The van der Waals surface area contributed by atoms with Crippen LogP contribution < -0.4 is 9.62 Å². The molecule has 1 N–H and O–H groups in total. The Hall–Kier alpha value is -1.76. The van der Waals surface area contributed by atoms with Gasteiger partial charge in [-0.2, -0.15) is 0 Å². The zero-order valence-electron chi connectivity index (χ0n) is 16.2. The number of sulfonamides is 1. The third-order valence-electron chi connectivity index (χ3n) is 4.20. The second-order valence-corrected chi connectivity index (χ2v) is 10.0. The molecule has 2 aromatic rings. The lowest BCUT2D eigenvalue weighted by Gasteiger charge is -2.33. The maximum Gasteiger partial charge on any atom is 0.244 e. The van der Waals surface area contributed by atoms with Crippen LogP contribution in [0.4, 0.5) is 5.69 Å². The molecule has 0 aromatic heterocycles. The lowest BCUT2D eigenvalue weighted by molar-refractivity contribution is -0.123. The molecule has 2 rings (SSSR count). The third kappa shape index (κ3) is 5.87. The number of nitrogens with zero attached hydrogens (tertiary/aromatic N) is 1.